The summed E-state index contributed by atoms with van der Waals surface area (Å²) in [6.45, 7) is 11.9. The Bertz CT molecular complexity index is 1570. The van der Waals surface area contributed by atoms with Crippen molar-refractivity contribution in [2.24, 2.45) is 10.8 Å². The number of anilines is 2. The molecule has 0 bridgehead atoms. The number of carbonyl (C=O) groups excluding carboxylic acids is 2. The summed E-state index contributed by atoms with van der Waals surface area (Å²) in [4.78, 5) is 29.7. The second kappa shape index (κ2) is 26.7. The number of hydrogen-bond donors (Lipinski definition) is 0. The number of unbranched alkanes of at least 4 members (excludes halogenated alkanes) is 2. The van der Waals surface area contributed by atoms with Crippen molar-refractivity contribution in [3.05, 3.63) is 120 Å². The fraction of sp³-hybridized carbons (Fsp3) is 0.520. The van der Waals surface area contributed by atoms with Crippen LogP contribution in [0.2, 0.25) is 0 Å². The molecule has 0 aliphatic heterocycles. The van der Waals surface area contributed by atoms with Crippen molar-refractivity contribution >= 4 is 23.2 Å². The molecule has 4 aromatic rings. The molecule has 0 saturated heterocycles. The van der Waals surface area contributed by atoms with Crippen LogP contribution in [0.5, 0.6) is 0 Å². The summed E-state index contributed by atoms with van der Waals surface area (Å²) in [6.07, 6.45) is 15.4. The summed E-state index contributed by atoms with van der Waals surface area (Å²) in [5.41, 5.74) is -0.793. The number of hydrogen-bond acceptors (Lipinski definition) is 2. The first-order valence-electron chi connectivity index (χ1n) is 21.5. The third-order valence-corrected chi connectivity index (χ3v) is 11.1. The Balaban J connectivity index is 0.000000323. The minimum atomic E-state index is -0.778. The summed E-state index contributed by atoms with van der Waals surface area (Å²) in [6, 6.07) is 29.3. The summed E-state index contributed by atoms with van der Waals surface area (Å²) >= 11 is 0. The topological polar surface area (TPSA) is 40.6 Å². The molecule has 320 valence electrons. The molecule has 0 spiro atoms. The van der Waals surface area contributed by atoms with Gasteiger partial charge in [0.15, 0.2) is 0 Å². The Hall–Kier alpha value is -3.49. The molecule has 4 aromatic carbocycles. The molecule has 2 saturated carbocycles. The summed E-state index contributed by atoms with van der Waals surface area (Å²) in [5.74, 6) is -3.17. The van der Waals surface area contributed by atoms with E-state index in [9.17, 15) is 27.2 Å². The first-order valence-corrected chi connectivity index (χ1v) is 21.5. The summed E-state index contributed by atoms with van der Waals surface area (Å²) < 4.78 is 55.2. The van der Waals surface area contributed by atoms with Gasteiger partial charge >= 0.3 is 21.7 Å². The van der Waals surface area contributed by atoms with Gasteiger partial charge in [0.2, 0.25) is 11.8 Å². The fourth-order valence-corrected chi connectivity index (χ4v) is 7.61. The molecule has 0 aromatic heterocycles. The van der Waals surface area contributed by atoms with E-state index in [1.165, 1.54) is 24.3 Å². The molecule has 4 nitrogen and oxygen atoms in total. The summed E-state index contributed by atoms with van der Waals surface area (Å²) in [7, 11) is 0. The van der Waals surface area contributed by atoms with Gasteiger partial charge in [-0.3, -0.25) is 9.59 Å². The zero-order chi connectivity index (χ0) is 42.6. The van der Waals surface area contributed by atoms with E-state index >= 15 is 0 Å². The molecule has 59 heavy (non-hydrogen) atoms. The molecule has 2 aliphatic carbocycles. The molecule has 0 heterocycles. The maximum atomic E-state index is 14.4. The molecular weight excluding hydrogens is 784 g/mol. The molecule has 6 rings (SSSR count). The molecule has 0 unspecified atom stereocenters. The Morgan fingerprint density at radius 1 is 0.593 bits per heavy atom. The average Bonchev–Trinajstić information content (AvgIpc) is 4.00. The Morgan fingerprint density at radius 2 is 0.915 bits per heavy atom. The van der Waals surface area contributed by atoms with E-state index in [1.54, 1.807) is 9.80 Å². The predicted molar refractivity (Wildman–Crippen MR) is 230 cm³/mol. The van der Waals surface area contributed by atoms with Gasteiger partial charge in [0.25, 0.3) is 0 Å². The van der Waals surface area contributed by atoms with E-state index in [-0.39, 0.29) is 57.0 Å². The number of benzene rings is 2. The van der Waals surface area contributed by atoms with Gasteiger partial charge in [-0.2, -0.15) is 36.4 Å². The van der Waals surface area contributed by atoms with Crippen molar-refractivity contribution in [2.45, 2.75) is 156 Å². The third kappa shape index (κ3) is 16.8. The maximum absolute atomic E-state index is 14.4. The predicted octanol–water partition coefficient (Wildman–Crippen LogP) is 14.1. The van der Waals surface area contributed by atoms with E-state index in [4.69, 9.17) is 0 Å². The largest absolute Gasteiger partial charge is 4.00 e. The van der Waals surface area contributed by atoms with Crippen molar-refractivity contribution in [1.29, 1.82) is 0 Å². The van der Waals surface area contributed by atoms with Crippen molar-refractivity contribution in [3.63, 3.8) is 0 Å². The number of rotatable bonds is 12. The normalized spacial score (nSPS) is 14.5. The quantitative estimate of drug-likeness (QED) is 0.0809. The molecule has 0 atom stereocenters. The van der Waals surface area contributed by atoms with Crippen molar-refractivity contribution < 1.29 is 48.9 Å². The van der Waals surface area contributed by atoms with Crippen LogP contribution in [-0.2, 0) is 31.3 Å². The first-order chi connectivity index (χ1) is 27.7. The molecular formula is C50H66F4N2O2Ti. The van der Waals surface area contributed by atoms with Crippen LogP contribution in [0.4, 0.5) is 28.9 Å². The van der Waals surface area contributed by atoms with E-state index in [2.05, 4.69) is 26.0 Å². The van der Waals surface area contributed by atoms with Crippen LogP contribution >= 0.6 is 0 Å². The minimum absolute atomic E-state index is 0. The Labute approximate surface area is 367 Å². The zero-order valence-corrected chi connectivity index (χ0v) is 37.8. The van der Waals surface area contributed by atoms with Crippen molar-refractivity contribution in [2.75, 3.05) is 9.80 Å². The number of halogens is 4. The van der Waals surface area contributed by atoms with E-state index in [1.807, 2.05) is 88.4 Å². The second-order valence-corrected chi connectivity index (χ2v) is 16.8. The van der Waals surface area contributed by atoms with Gasteiger partial charge in [0.1, 0.15) is 0 Å². The molecule has 0 radical (unpaired) electrons. The number of nitrogens with zero attached hydrogens (tertiary/aromatic N) is 2. The van der Waals surface area contributed by atoms with Gasteiger partial charge in [-0.15, -0.1) is 36.4 Å². The second-order valence-electron chi connectivity index (χ2n) is 16.8. The van der Waals surface area contributed by atoms with Crippen LogP contribution in [-0.4, -0.2) is 23.9 Å². The SMILES string of the molecule is CCCCC(C)(C)C(=O)N(c1ccc(F)[c-]c1F)C1CCCCC1.CCCCC(C)(C)C(=O)N(c1ccc(F)[c-]c1F)C1CCCCC1.[Ti+4].c1cc[cH-]c1.c1cc[cH-]c1. The monoisotopic (exact) mass is 850 g/mol. The molecule has 0 N–H and O–H groups in total. The third-order valence-electron chi connectivity index (χ3n) is 11.1. The van der Waals surface area contributed by atoms with Gasteiger partial charge < -0.3 is 9.80 Å². The van der Waals surface area contributed by atoms with Crippen LogP contribution in [0.3, 0.4) is 0 Å². The zero-order valence-electron chi connectivity index (χ0n) is 36.3. The van der Waals surface area contributed by atoms with Gasteiger partial charge in [-0.05, 0) is 49.9 Å². The van der Waals surface area contributed by atoms with Crippen molar-refractivity contribution in [1.82, 2.24) is 0 Å². The van der Waals surface area contributed by atoms with E-state index < -0.39 is 34.1 Å². The van der Waals surface area contributed by atoms with Crippen LogP contribution in [0.25, 0.3) is 0 Å². The Kier molecular flexibility index (Phi) is 23.3. The van der Waals surface area contributed by atoms with E-state index in [0.717, 1.165) is 103 Å². The smallest absolute Gasteiger partial charge is 0.360 e. The maximum Gasteiger partial charge on any atom is 4.00 e. The van der Waals surface area contributed by atoms with E-state index in [0.29, 0.717) is 0 Å². The summed E-state index contributed by atoms with van der Waals surface area (Å²) in [5, 5.41) is 0. The van der Waals surface area contributed by atoms with Crippen LogP contribution in [0.1, 0.15) is 144 Å². The number of carbonyl (C=O) groups is 2. The van der Waals surface area contributed by atoms with Gasteiger partial charge in [-0.25, -0.2) is 41.8 Å². The Morgan fingerprint density at radius 3 is 1.17 bits per heavy atom. The molecule has 9 heteroatoms. The van der Waals surface area contributed by atoms with Crippen LogP contribution < -0.4 is 9.80 Å². The first kappa shape index (κ1) is 51.7. The molecule has 2 amide bonds. The van der Waals surface area contributed by atoms with Crippen LogP contribution in [0, 0.1) is 46.2 Å². The fourth-order valence-electron chi connectivity index (χ4n) is 7.61. The molecule has 2 fully saturated rings. The van der Waals surface area contributed by atoms with Gasteiger partial charge in [0.05, 0.1) is 0 Å². The van der Waals surface area contributed by atoms with Crippen LogP contribution in [0.15, 0.2) is 84.9 Å². The molecule has 2 aliphatic rings. The van der Waals surface area contributed by atoms with Gasteiger partial charge in [0, 0.05) is 46.2 Å². The van der Waals surface area contributed by atoms with Crippen molar-refractivity contribution in [3.8, 4) is 0 Å². The van der Waals surface area contributed by atoms with Gasteiger partial charge in [-0.1, -0.05) is 106 Å². The minimum Gasteiger partial charge on any atom is -0.360 e. The standard InChI is InChI=1S/2C20H28F2NO.2C5H5.Ti/c2*1-4-5-13-20(2,3)19(24)23(16-9-7-6-8-10-16)18-12-11-15(21)14-17(18)22;2*1-2-4-5-3-1;/h2*11-12,16H,4-10,13H2,1-3H3;2*1-5H;/q4*-1;+4. The number of amides is 2. The average molecular weight is 851 g/mol.